The Balaban J connectivity index is 2.04. The molecule has 1 aromatic carbocycles. The fourth-order valence-corrected chi connectivity index (χ4v) is 5.25. The SMILES string of the molecule is COc1cc(OC)c(C(c2ccc(Br)s2)N2CCC(C(=O)O)CC2)cc1OC. The molecule has 1 fully saturated rings. The van der Waals surface area contributed by atoms with E-state index in [1.54, 1.807) is 32.7 Å². The fraction of sp³-hybridized carbons (Fsp3) is 0.450. The number of rotatable bonds is 7. The molecule has 28 heavy (non-hydrogen) atoms. The van der Waals surface area contributed by atoms with Crippen LogP contribution in [0, 0.1) is 5.92 Å². The van der Waals surface area contributed by atoms with Crippen LogP contribution in [-0.2, 0) is 4.79 Å². The fourth-order valence-electron chi connectivity index (χ4n) is 3.68. The summed E-state index contributed by atoms with van der Waals surface area (Å²) >= 11 is 5.22. The quantitative estimate of drug-likeness (QED) is 0.646. The van der Waals surface area contributed by atoms with Gasteiger partial charge >= 0.3 is 5.97 Å². The van der Waals surface area contributed by atoms with Crippen LogP contribution >= 0.6 is 27.3 Å². The minimum absolute atomic E-state index is 0.0548. The van der Waals surface area contributed by atoms with E-state index in [2.05, 4.69) is 26.9 Å². The van der Waals surface area contributed by atoms with E-state index in [4.69, 9.17) is 14.2 Å². The third kappa shape index (κ3) is 4.29. The molecule has 0 spiro atoms. The second-order valence-corrected chi connectivity index (χ2v) is 9.14. The number of hydrogen-bond acceptors (Lipinski definition) is 6. The maximum absolute atomic E-state index is 11.4. The third-order valence-corrected chi connectivity index (χ3v) is 6.81. The topological polar surface area (TPSA) is 68.2 Å². The van der Waals surface area contributed by atoms with Gasteiger partial charge in [0.15, 0.2) is 11.5 Å². The standard InChI is InChI=1S/C20H24BrNO5S/c1-25-14-11-16(27-3)15(26-2)10-13(14)19(17-4-5-18(21)28-17)22-8-6-12(7-9-22)20(23)24/h4-5,10-12,19H,6-9H2,1-3H3,(H,23,24). The zero-order chi connectivity index (χ0) is 20.3. The first-order valence-corrected chi connectivity index (χ1v) is 10.6. The van der Waals surface area contributed by atoms with Crippen molar-refractivity contribution in [2.45, 2.75) is 18.9 Å². The molecule has 1 unspecified atom stereocenters. The molecule has 1 atom stereocenters. The van der Waals surface area contributed by atoms with Gasteiger partial charge in [-0.15, -0.1) is 11.3 Å². The van der Waals surface area contributed by atoms with E-state index < -0.39 is 5.97 Å². The molecule has 1 aliphatic rings. The van der Waals surface area contributed by atoms with Crippen molar-refractivity contribution in [3.05, 3.63) is 38.5 Å². The summed E-state index contributed by atoms with van der Waals surface area (Å²) in [6.45, 7) is 1.41. The molecule has 152 valence electrons. The number of likely N-dealkylation sites (tertiary alicyclic amines) is 1. The van der Waals surface area contributed by atoms with Crippen molar-refractivity contribution in [3.8, 4) is 17.2 Å². The lowest BCUT2D eigenvalue weighted by Crippen LogP contribution is -2.39. The summed E-state index contributed by atoms with van der Waals surface area (Å²) in [5, 5.41) is 9.34. The molecule has 8 heteroatoms. The number of carbonyl (C=O) groups is 1. The molecule has 1 aliphatic heterocycles. The van der Waals surface area contributed by atoms with Crippen LogP contribution in [0.25, 0.3) is 0 Å². The number of thiophene rings is 1. The number of piperidine rings is 1. The van der Waals surface area contributed by atoms with Gasteiger partial charge in [-0.1, -0.05) is 0 Å². The van der Waals surface area contributed by atoms with Crippen molar-refractivity contribution >= 4 is 33.2 Å². The Kier molecular flexibility index (Phi) is 6.85. The Hall–Kier alpha value is -1.77. The van der Waals surface area contributed by atoms with Crippen molar-refractivity contribution in [2.75, 3.05) is 34.4 Å². The van der Waals surface area contributed by atoms with Crippen LogP contribution in [0.4, 0.5) is 0 Å². The summed E-state index contributed by atoms with van der Waals surface area (Å²) in [6, 6.07) is 7.87. The first-order chi connectivity index (χ1) is 13.5. The number of carboxylic acids is 1. The summed E-state index contributed by atoms with van der Waals surface area (Å²) < 4.78 is 17.7. The van der Waals surface area contributed by atoms with Gasteiger partial charge in [0.1, 0.15) is 5.75 Å². The van der Waals surface area contributed by atoms with Crippen LogP contribution < -0.4 is 14.2 Å². The van der Waals surface area contributed by atoms with E-state index in [1.807, 2.05) is 18.2 Å². The van der Waals surface area contributed by atoms with Crippen LogP contribution in [0.3, 0.4) is 0 Å². The molecule has 0 saturated carbocycles. The summed E-state index contributed by atoms with van der Waals surface area (Å²) in [4.78, 5) is 14.8. The Bertz CT molecular complexity index is 832. The molecule has 2 heterocycles. The number of halogens is 1. The first kappa shape index (κ1) is 21.0. The summed E-state index contributed by atoms with van der Waals surface area (Å²) in [6.07, 6.45) is 1.27. The van der Waals surface area contributed by atoms with Crippen LogP contribution in [-0.4, -0.2) is 50.4 Å². The molecular formula is C20H24BrNO5S. The van der Waals surface area contributed by atoms with Crippen molar-refractivity contribution in [3.63, 3.8) is 0 Å². The van der Waals surface area contributed by atoms with Gasteiger partial charge in [-0.2, -0.15) is 0 Å². The van der Waals surface area contributed by atoms with Crippen molar-refractivity contribution in [1.82, 2.24) is 4.90 Å². The zero-order valence-electron chi connectivity index (χ0n) is 16.1. The molecule has 1 aromatic heterocycles. The predicted molar refractivity (Wildman–Crippen MR) is 112 cm³/mol. The van der Waals surface area contributed by atoms with Gasteiger partial charge in [0.25, 0.3) is 0 Å². The average Bonchev–Trinajstić information content (AvgIpc) is 3.13. The van der Waals surface area contributed by atoms with Crippen LogP contribution in [0.5, 0.6) is 17.2 Å². The van der Waals surface area contributed by atoms with Gasteiger partial charge in [-0.25, -0.2) is 0 Å². The van der Waals surface area contributed by atoms with Gasteiger partial charge in [-0.3, -0.25) is 9.69 Å². The van der Waals surface area contributed by atoms with Crippen LogP contribution in [0.1, 0.15) is 29.3 Å². The van der Waals surface area contributed by atoms with Crippen LogP contribution in [0.2, 0.25) is 0 Å². The Morgan fingerprint density at radius 3 is 2.21 bits per heavy atom. The van der Waals surface area contributed by atoms with Gasteiger partial charge in [0.05, 0.1) is 37.1 Å². The smallest absolute Gasteiger partial charge is 0.306 e. The normalized spacial score (nSPS) is 16.6. The number of benzene rings is 1. The number of nitrogens with zero attached hydrogens (tertiary/aromatic N) is 1. The van der Waals surface area contributed by atoms with Crippen LogP contribution in [0.15, 0.2) is 28.1 Å². The van der Waals surface area contributed by atoms with Crippen molar-refractivity contribution < 1.29 is 24.1 Å². The monoisotopic (exact) mass is 469 g/mol. The third-order valence-electron chi connectivity index (χ3n) is 5.14. The summed E-state index contributed by atoms with van der Waals surface area (Å²) in [5.74, 6) is 0.976. The predicted octanol–water partition coefficient (Wildman–Crippen LogP) is 4.42. The highest BCUT2D eigenvalue weighted by Gasteiger charge is 2.33. The number of hydrogen-bond donors (Lipinski definition) is 1. The summed E-state index contributed by atoms with van der Waals surface area (Å²) in [7, 11) is 4.85. The molecule has 0 radical (unpaired) electrons. The molecule has 0 amide bonds. The number of ether oxygens (including phenoxy) is 3. The Morgan fingerprint density at radius 2 is 1.71 bits per heavy atom. The lowest BCUT2D eigenvalue weighted by Gasteiger charge is -2.37. The maximum Gasteiger partial charge on any atom is 0.306 e. The molecule has 1 saturated heterocycles. The van der Waals surface area contributed by atoms with E-state index in [-0.39, 0.29) is 12.0 Å². The second-order valence-electron chi connectivity index (χ2n) is 6.64. The maximum atomic E-state index is 11.4. The zero-order valence-corrected chi connectivity index (χ0v) is 18.5. The van der Waals surface area contributed by atoms with Gasteiger partial charge in [-0.05, 0) is 60.1 Å². The molecule has 3 rings (SSSR count). The average molecular weight is 470 g/mol. The van der Waals surface area contributed by atoms with Gasteiger partial charge in [0.2, 0.25) is 0 Å². The number of carboxylic acid groups (broad SMARTS) is 1. The first-order valence-electron chi connectivity index (χ1n) is 9.00. The van der Waals surface area contributed by atoms with E-state index >= 15 is 0 Å². The molecule has 0 aliphatic carbocycles. The minimum Gasteiger partial charge on any atom is -0.496 e. The van der Waals surface area contributed by atoms with E-state index in [1.165, 1.54) is 0 Å². The molecule has 2 aromatic rings. The van der Waals surface area contributed by atoms with E-state index in [0.717, 1.165) is 14.2 Å². The largest absolute Gasteiger partial charge is 0.496 e. The van der Waals surface area contributed by atoms with E-state index in [0.29, 0.717) is 43.2 Å². The highest BCUT2D eigenvalue weighted by atomic mass is 79.9. The molecule has 0 bridgehead atoms. The van der Waals surface area contributed by atoms with Gasteiger partial charge in [0, 0.05) is 16.5 Å². The highest BCUT2D eigenvalue weighted by molar-refractivity contribution is 9.11. The van der Waals surface area contributed by atoms with Crippen molar-refractivity contribution in [2.24, 2.45) is 5.92 Å². The van der Waals surface area contributed by atoms with E-state index in [9.17, 15) is 9.90 Å². The van der Waals surface area contributed by atoms with Gasteiger partial charge < -0.3 is 19.3 Å². The molecule has 1 N–H and O–H groups in total. The molecule has 6 nitrogen and oxygen atoms in total. The lowest BCUT2D eigenvalue weighted by molar-refractivity contribution is -0.143. The number of methoxy groups -OCH3 is 3. The Morgan fingerprint density at radius 1 is 1.11 bits per heavy atom. The highest BCUT2D eigenvalue weighted by Crippen LogP contribution is 2.44. The lowest BCUT2D eigenvalue weighted by atomic mass is 9.93. The minimum atomic E-state index is -0.709. The second kappa shape index (κ2) is 9.15. The number of aliphatic carboxylic acids is 1. The molecular weight excluding hydrogens is 446 g/mol. The Labute approximate surface area is 177 Å². The summed E-state index contributed by atoms with van der Waals surface area (Å²) in [5.41, 5.74) is 0.975. The van der Waals surface area contributed by atoms with Crippen molar-refractivity contribution in [1.29, 1.82) is 0 Å².